The molecule has 2 atom stereocenters. The average molecular weight is 481 g/mol. The van der Waals surface area contributed by atoms with E-state index in [2.05, 4.69) is 69.7 Å². The minimum absolute atomic E-state index is 0.133. The first-order valence-corrected chi connectivity index (χ1v) is 11.8. The Morgan fingerprint density at radius 1 is 1.07 bits per heavy atom. The molecule has 3 aromatic rings. The van der Waals surface area contributed by atoms with Gasteiger partial charge in [-0.15, -0.1) is 11.8 Å². The lowest BCUT2D eigenvalue weighted by molar-refractivity contribution is -0.0191. The van der Waals surface area contributed by atoms with Crippen LogP contribution in [-0.4, -0.2) is 24.1 Å². The van der Waals surface area contributed by atoms with Gasteiger partial charge in [-0.25, -0.2) is 5.01 Å². The van der Waals surface area contributed by atoms with Crippen LogP contribution in [0.15, 0.2) is 81.2 Å². The first kappa shape index (κ1) is 19.5. The van der Waals surface area contributed by atoms with Crippen molar-refractivity contribution in [3.8, 4) is 11.5 Å². The number of ether oxygens (including phenoxy) is 2. The summed E-state index contributed by atoms with van der Waals surface area (Å²) >= 11 is 5.35. The number of hydrazone groups is 1. The fourth-order valence-electron chi connectivity index (χ4n) is 4.00. The molecule has 0 bridgehead atoms. The molecule has 0 amide bonds. The summed E-state index contributed by atoms with van der Waals surface area (Å²) in [5, 5.41) is 7.14. The summed E-state index contributed by atoms with van der Waals surface area (Å²) in [7, 11) is 1.68. The second kappa shape index (κ2) is 8.00. The molecule has 2 aliphatic rings. The summed E-state index contributed by atoms with van der Waals surface area (Å²) in [4.78, 5) is 1.24. The van der Waals surface area contributed by atoms with E-state index in [9.17, 15) is 0 Å². The largest absolute Gasteiger partial charge is 0.497 e. The van der Waals surface area contributed by atoms with Crippen LogP contribution < -0.4 is 9.47 Å². The summed E-state index contributed by atoms with van der Waals surface area (Å²) in [6.07, 6.45) is 2.66. The zero-order valence-corrected chi connectivity index (χ0v) is 19.1. The molecule has 5 rings (SSSR count). The number of hydrogen-bond donors (Lipinski definition) is 0. The van der Waals surface area contributed by atoms with Crippen LogP contribution >= 0.6 is 27.7 Å². The van der Waals surface area contributed by atoms with Crippen molar-refractivity contribution >= 4 is 33.4 Å². The minimum Gasteiger partial charge on any atom is -0.497 e. The summed E-state index contributed by atoms with van der Waals surface area (Å²) in [5.74, 6) is 1.77. The van der Waals surface area contributed by atoms with E-state index in [0.717, 1.165) is 44.8 Å². The Morgan fingerprint density at radius 2 is 1.83 bits per heavy atom. The molecular formula is C24H21BrN2O2S. The van der Waals surface area contributed by atoms with E-state index < -0.39 is 0 Å². The van der Waals surface area contributed by atoms with E-state index in [0.29, 0.717) is 0 Å². The van der Waals surface area contributed by atoms with Crippen LogP contribution in [-0.2, 0) is 0 Å². The van der Waals surface area contributed by atoms with Gasteiger partial charge in [0, 0.05) is 26.9 Å². The van der Waals surface area contributed by atoms with Crippen LogP contribution in [0.5, 0.6) is 11.5 Å². The molecule has 2 heterocycles. The number of benzene rings is 3. The van der Waals surface area contributed by atoms with Gasteiger partial charge in [0.05, 0.1) is 18.9 Å². The number of nitrogens with zero attached hydrogens (tertiary/aromatic N) is 2. The van der Waals surface area contributed by atoms with E-state index in [1.54, 1.807) is 18.9 Å². The van der Waals surface area contributed by atoms with E-state index in [4.69, 9.17) is 14.6 Å². The van der Waals surface area contributed by atoms with Crippen LogP contribution in [0.25, 0.3) is 0 Å². The zero-order chi connectivity index (χ0) is 20.7. The Hall–Kier alpha value is -2.44. The van der Waals surface area contributed by atoms with Gasteiger partial charge >= 0.3 is 0 Å². The maximum atomic E-state index is 6.45. The van der Waals surface area contributed by atoms with E-state index >= 15 is 0 Å². The normalized spacial score (nSPS) is 19.6. The lowest BCUT2D eigenvalue weighted by atomic mass is 9.96. The Kier molecular flexibility index (Phi) is 5.21. The van der Waals surface area contributed by atoms with Crippen molar-refractivity contribution in [2.24, 2.45) is 5.10 Å². The van der Waals surface area contributed by atoms with Crippen LogP contribution in [0, 0.1) is 0 Å². The van der Waals surface area contributed by atoms with Gasteiger partial charge in [-0.05, 0) is 66.4 Å². The van der Waals surface area contributed by atoms with Crippen molar-refractivity contribution in [2.75, 3.05) is 13.4 Å². The molecule has 4 nitrogen and oxygen atoms in total. The van der Waals surface area contributed by atoms with E-state index in [1.807, 2.05) is 24.3 Å². The molecular weight excluding hydrogens is 460 g/mol. The number of fused-ring (bicyclic) bond motifs is 3. The molecule has 0 N–H and O–H groups in total. The summed E-state index contributed by atoms with van der Waals surface area (Å²) < 4.78 is 12.8. The highest BCUT2D eigenvalue weighted by molar-refractivity contribution is 9.10. The molecule has 0 saturated heterocycles. The fourth-order valence-corrected chi connectivity index (χ4v) is 4.79. The van der Waals surface area contributed by atoms with Crippen molar-refractivity contribution in [3.63, 3.8) is 0 Å². The van der Waals surface area contributed by atoms with Crippen LogP contribution in [0.4, 0.5) is 0 Å². The molecule has 6 heteroatoms. The van der Waals surface area contributed by atoms with Gasteiger partial charge in [0.1, 0.15) is 11.5 Å². The van der Waals surface area contributed by atoms with Gasteiger partial charge in [-0.3, -0.25) is 0 Å². The minimum atomic E-state index is -0.254. The molecule has 0 spiro atoms. The number of halogens is 1. The van der Waals surface area contributed by atoms with Crippen molar-refractivity contribution in [2.45, 2.75) is 23.6 Å². The molecule has 0 radical (unpaired) electrons. The van der Waals surface area contributed by atoms with Gasteiger partial charge in [0.2, 0.25) is 6.23 Å². The average Bonchev–Trinajstić information content (AvgIpc) is 3.24. The molecule has 0 aliphatic carbocycles. The highest BCUT2D eigenvalue weighted by Gasteiger charge is 2.41. The standard InChI is InChI=1S/C24H21BrN2O2S/c1-28-18-8-3-15(4-9-18)21-14-22-20-13-17(25)7-12-23(20)29-24(27(22)26-21)16-5-10-19(30-2)11-6-16/h3-13,22,24H,14H2,1-2H3/t22-,24+/m1/s1. The molecule has 0 aromatic heterocycles. The predicted molar refractivity (Wildman–Crippen MR) is 124 cm³/mol. The SMILES string of the molecule is COc1ccc(C2=NN3[C@H](C2)c2cc(Br)ccc2O[C@H]3c2ccc(SC)cc2)cc1. The van der Waals surface area contributed by atoms with Crippen LogP contribution in [0.2, 0.25) is 0 Å². The highest BCUT2D eigenvalue weighted by atomic mass is 79.9. The van der Waals surface area contributed by atoms with Crippen molar-refractivity contribution in [1.82, 2.24) is 5.01 Å². The van der Waals surface area contributed by atoms with Gasteiger partial charge in [0.15, 0.2) is 0 Å². The van der Waals surface area contributed by atoms with Gasteiger partial charge in [-0.2, -0.15) is 5.10 Å². The fraction of sp³-hybridized carbons (Fsp3) is 0.208. The lowest BCUT2D eigenvalue weighted by Gasteiger charge is -2.38. The monoisotopic (exact) mass is 480 g/mol. The van der Waals surface area contributed by atoms with Crippen LogP contribution in [0.3, 0.4) is 0 Å². The highest BCUT2D eigenvalue weighted by Crippen LogP contribution is 2.48. The summed E-state index contributed by atoms with van der Waals surface area (Å²) in [5.41, 5.74) is 4.43. The summed E-state index contributed by atoms with van der Waals surface area (Å²) in [6.45, 7) is 0. The smallest absolute Gasteiger partial charge is 0.213 e. The van der Waals surface area contributed by atoms with Gasteiger partial charge < -0.3 is 9.47 Å². The Labute approximate surface area is 189 Å². The molecule has 0 fully saturated rings. The third kappa shape index (κ3) is 3.48. The third-order valence-corrected chi connectivity index (χ3v) is 6.81. The topological polar surface area (TPSA) is 34.1 Å². The van der Waals surface area contributed by atoms with Gasteiger partial charge in [-0.1, -0.05) is 28.1 Å². The quantitative estimate of drug-likeness (QED) is 0.403. The Morgan fingerprint density at radius 3 is 2.53 bits per heavy atom. The molecule has 0 unspecified atom stereocenters. The molecule has 0 saturated carbocycles. The zero-order valence-electron chi connectivity index (χ0n) is 16.7. The number of thioether (sulfide) groups is 1. The van der Waals surface area contributed by atoms with Gasteiger partial charge in [0.25, 0.3) is 0 Å². The number of rotatable bonds is 4. The molecule has 3 aromatic carbocycles. The molecule has 2 aliphatic heterocycles. The maximum absolute atomic E-state index is 6.45. The maximum Gasteiger partial charge on any atom is 0.213 e. The predicted octanol–water partition coefficient (Wildman–Crippen LogP) is 6.42. The second-order valence-electron chi connectivity index (χ2n) is 7.30. The Balaban J connectivity index is 1.56. The van der Waals surface area contributed by atoms with E-state index in [1.165, 1.54) is 4.90 Å². The molecule has 30 heavy (non-hydrogen) atoms. The first-order valence-electron chi connectivity index (χ1n) is 9.76. The molecule has 152 valence electrons. The van der Waals surface area contributed by atoms with E-state index in [-0.39, 0.29) is 12.3 Å². The lowest BCUT2D eigenvalue weighted by Crippen LogP contribution is -2.33. The summed E-state index contributed by atoms with van der Waals surface area (Å²) in [6, 6.07) is 23.0. The van der Waals surface area contributed by atoms with Crippen LogP contribution in [0.1, 0.15) is 35.4 Å². The number of hydrogen-bond acceptors (Lipinski definition) is 5. The second-order valence-corrected chi connectivity index (χ2v) is 9.10. The third-order valence-electron chi connectivity index (χ3n) is 5.58. The van der Waals surface area contributed by atoms with Crippen molar-refractivity contribution in [1.29, 1.82) is 0 Å². The first-order chi connectivity index (χ1) is 14.7. The number of methoxy groups -OCH3 is 1. The Bertz CT molecular complexity index is 1100. The van der Waals surface area contributed by atoms with Crippen molar-refractivity contribution in [3.05, 3.63) is 87.9 Å². The van der Waals surface area contributed by atoms with Crippen molar-refractivity contribution < 1.29 is 9.47 Å².